The average molecular weight is 693 g/mol. The number of imide groups is 1. The van der Waals surface area contributed by atoms with Crippen LogP contribution in [0.15, 0.2) is 91.0 Å². The lowest BCUT2D eigenvalue weighted by Crippen LogP contribution is -2.52. The van der Waals surface area contributed by atoms with E-state index in [9.17, 15) is 19.5 Å². The summed E-state index contributed by atoms with van der Waals surface area (Å²) < 4.78 is 29.1. The Labute approximate surface area is 296 Å². The van der Waals surface area contributed by atoms with E-state index in [-0.39, 0.29) is 35.8 Å². The molecule has 3 heterocycles. The van der Waals surface area contributed by atoms with Crippen molar-refractivity contribution in [1.82, 2.24) is 10.2 Å². The van der Waals surface area contributed by atoms with Crippen molar-refractivity contribution in [2.75, 3.05) is 46.2 Å². The van der Waals surface area contributed by atoms with Crippen LogP contribution in [0.4, 0.5) is 0 Å². The summed E-state index contributed by atoms with van der Waals surface area (Å²) in [4.78, 5) is 38.1. The lowest BCUT2D eigenvalue weighted by Gasteiger charge is -2.34. The summed E-state index contributed by atoms with van der Waals surface area (Å²) in [5.74, 6) is 1.51. The van der Waals surface area contributed by atoms with Gasteiger partial charge in [0, 0.05) is 42.0 Å². The fourth-order valence-electron chi connectivity index (χ4n) is 6.97. The summed E-state index contributed by atoms with van der Waals surface area (Å²) >= 11 is 0. The third-order valence-electron chi connectivity index (χ3n) is 9.48. The van der Waals surface area contributed by atoms with Crippen LogP contribution in [0.1, 0.15) is 57.3 Å². The minimum absolute atomic E-state index is 0.0661. The minimum atomic E-state index is -0.644. The maximum atomic E-state index is 12.9. The molecule has 1 saturated heterocycles. The summed E-state index contributed by atoms with van der Waals surface area (Å²) in [6, 6.07) is 28.4. The highest BCUT2D eigenvalue weighted by molar-refractivity contribution is 6.05. The molecule has 11 nitrogen and oxygen atoms in total. The van der Waals surface area contributed by atoms with Crippen molar-refractivity contribution in [3.05, 3.63) is 119 Å². The predicted molar refractivity (Wildman–Crippen MR) is 186 cm³/mol. The van der Waals surface area contributed by atoms with Crippen molar-refractivity contribution in [3.8, 4) is 23.0 Å². The molecule has 0 aromatic heterocycles. The summed E-state index contributed by atoms with van der Waals surface area (Å²) in [5.41, 5.74) is 4.73. The Hall–Kier alpha value is -5.39. The van der Waals surface area contributed by atoms with Gasteiger partial charge < -0.3 is 33.7 Å². The number of hydrogen-bond acceptors (Lipinski definition) is 9. The standard InChI is InChI=1S/C40H40N2O9/c43-29-8-12-33-36(23-29)51-25-34(26-4-2-1-3-5-26)38(33)27-6-9-30(10-7-27)49-20-18-47-16-17-48-19-21-50-31-11-13-32-28(22-31)24-42(40(32)46)35-14-15-37(44)41-39(35)45/h1-13,22-23,34-35,38,43H,14-21,24-25H2,(H,41,44,45)/t34-,35?,38-/m1/s1. The van der Waals surface area contributed by atoms with E-state index in [1.807, 2.05) is 42.5 Å². The molecule has 0 saturated carbocycles. The first-order valence-corrected chi connectivity index (χ1v) is 17.2. The number of phenols is 1. The van der Waals surface area contributed by atoms with Gasteiger partial charge in [-0.2, -0.15) is 0 Å². The number of carbonyl (C=O) groups excluding carboxylic acids is 3. The van der Waals surface area contributed by atoms with Gasteiger partial charge in [0.2, 0.25) is 11.8 Å². The van der Waals surface area contributed by atoms with Crippen molar-refractivity contribution < 1.29 is 43.2 Å². The Morgan fingerprint density at radius 1 is 0.765 bits per heavy atom. The summed E-state index contributed by atoms with van der Waals surface area (Å²) in [6.07, 6.45) is 0.546. The van der Waals surface area contributed by atoms with Crippen molar-refractivity contribution >= 4 is 17.7 Å². The lowest BCUT2D eigenvalue weighted by atomic mass is 9.76. The van der Waals surface area contributed by atoms with Crippen LogP contribution in [0.3, 0.4) is 0 Å². The first-order chi connectivity index (χ1) is 24.9. The van der Waals surface area contributed by atoms with Gasteiger partial charge in [0.15, 0.2) is 0 Å². The van der Waals surface area contributed by atoms with Gasteiger partial charge in [-0.1, -0.05) is 48.5 Å². The largest absolute Gasteiger partial charge is 0.508 e. The highest BCUT2D eigenvalue weighted by atomic mass is 16.6. The van der Waals surface area contributed by atoms with Crippen LogP contribution < -0.4 is 19.5 Å². The second-order valence-corrected chi connectivity index (χ2v) is 12.7. The van der Waals surface area contributed by atoms with E-state index in [1.54, 1.807) is 24.3 Å². The van der Waals surface area contributed by atoms with Gasteiger partial charge >= 0.3 is 0 Å². The maximum Gasteiger partial charge on any atom is 0.255 e. The van der Waals surface area contributed by atoms with Crippen LogP contribution in [0, 0.1) is 0 Å². The van der Waals surface area contributed by atoms with Crippen LogP contribution in [0.5, 0.6) is 23.0 Å². The first kappa shape index (κ1) is 34.1. The van der Waals surface area contributed by atoms with Crippen LogP contribution in [0.25, 0.3) is 0 Å². The SMILES string of the molecule is O=C1CCC(N2Cc3cc(OCCOCCOCCOc4ccc([C@@H]5c6ccc(O)cc6OC[C@@H]5c5ccccc5)cc4)ccc3C2=O)C(=O)N1. The molecule has 4 aromatic carbocycles. The molecule has 1 unspecified atom stereocenters. The number of carbonyl (C=O) groups is 3. The second kappa shape index (κ2) is 15.7. The number of rotatable bonds is 14. The second-order valence-electron chi connectivity index (χ2n) is 12.7. The number of benzene rings is 4. The van der Waals surface area contributed by atoms with Crippen LogP contribution >= 0.6 is 0 Å². The van der Waals surface area contributed by atoms with E-state index >= 15 is 0 Å². The molecule has 3 atom stereocenters. The van der Waals surface area contributed by atoms with Gasteiger partial charge in [0.05, 0.1) is 33.0 Å². The zero-order valence-electron chi connectivity index (χ0n) is 28.1. The quantitative estimate of drug-likeness (QED) is 0.139. The number of aromatic hydroxyl groups is 1. The van der Waals surface area contributed by atoms with Gasteiger partial charge in [-0.3, -0.25) is 19.7 Å². The van der Waals surface area contributed by atoms with Gasteiger partial charge in [0.1, 0.15) is 42.3 Å². The lowest BCUT2D eigenvalue weighted by molar-refractivity contribution is -0.136. The van der Waals surface area contributed by atoms with Crippen LogP contribution in [0.2, 0.25) is 0 Å². The summed E-state index contributed by atoms with van der Waals surface area (Å²) in [5, 5.41) is 12.3. The van der Waals surface area contributed by atoms with E-state index in [0.29, 0.717) is 76.3 Å². The Balaban J connectivity index is 0.804. The minimum Gasteiger partial charge on any atom is -0.508 e. The zero-order chi connectivity index (χ0) is 35.2. The number of nitrogens with zero attached hydrogens (tertiary/aromatic N) is 1. The molecule has 0 radical (unpaired) electrons. The molecule has 0 aliphatic carbocycles. The Kier molecular flexibility index (Phi) is 10.5. The van der Waals surface area contributed by atoms with Crippen LogP contribution in [-0.2, 0) is 25.6 Å². The number of amides is 3. The fourth-order valence-corrected chi connectivity index (χ4v) is 6.97. The molecule has 0 bridgehead atoms. The molecule has 51 heavy (non-hydrogen) atoms. The molecular weight excluding hydrogens is 652 g/mol. The number of nitrogens with one attached hydrogen (secondary N) is 1. The molecule has 7 rings (SSSR count). The third-order valence-corrected chi connectivity index (χ3v) is 9.48. The predicted octanol–water partition coefficient (Wildman–Crippen LogP) is 4.95. The number of hydrogen-bond donors (Lipinski definition) is 2. The smallest absolute Gasteiger partial charge is 0.255 e. The van der Waals surface area contributed by atoms with E-state index in [4.69, 9.17) is 23.7 Å². The molecule has 264 valence electrons. The summed E-state index contributed by atoms with van der Waals surface area (Å²) in [6.45, 7) is 3.15. The van der Waals surface area contributed by atoms with Crippen LogP contribution in [-0.4, -0.2) is 80.0 Å². The normalized spacial score (nSPS) is 19.6. The molecule has 3 aliphatic rings. The van der Waals surface area contributed by atoms with E-state index in [2.05, 4.69) is 29.6 Å². The van der Waals surface area contributed by atoms with E-state index in [0.717, 1.165) is 22.4 Å². The monoisotopic (exact) mass is 692 g/mol. The Morgan fingerprint density at radius 2 is 1.47 bits per heavy atom. The molecule has 3 aliphatic heterocycles. The first-order valence-electron chi connectivity index (χ1n) is 17.2. The van der Waals surface area contributed by atoms with Crippen molar-refractivity contribution in [1.29, 1.82) is 0 Å². The molecule has 4 aromatic rings. The molecule has 1 fully saturated rings. The Morgan fingerprint density at radius 3 is 2.22 bits per heavy atom. The van der Waals surface area contributed by atoms with Gasteiger partial charge in [-0.25, -0.2) is 0 Å². The topological polar surface area (TPSA) is 133 Å². The zero-order valence-corrected chi connectivity index (χ0v) is 28.1. The van der Waals surface area contributed by atoms with Gasteiger partial charge in [-0.05, 0) is 59.5 Å². The van der Waals surface area contributed by atoms with Gasteiger partial charge in [0.25, 0.3) is 5.91 Å². The molecule has 3 amide bonds. The third kappa shape index (κ3) is 7.84. The maximum absolute atomic E-state index is 12.9. The van der Waals surface area contributed by atoms with E-state index in [1.165, 1.54) is 10.5 Å². The van der Waals surface area contributed by atoms with Crippen molar-refractivity contribution in [2.24, 2.45) is 0 Å². The molecule has 11 heteroatoms. The number of phenolic OH excluding ortho intramolecular Hbond substituents is 1. The van der Waals surface area contributed by atoms with Crippen molar-refractivity contribution in [3.63, 3.8) is 0 Å². The Bertz CT molecular complexity index is 1860. The highest BCUT2D eigenvalue weighted by Gasteiger charge is 2.39. The number of fused-ring (bicyclic) bond motifs is 2. The fraction of sp³-hybridized carbons (Fsp3) is 0.325. The molecule has 2 N–H and O–H groups in total. The average Bonchev–Trinajstić information content (AvgIpc) is 3.47. The van der Waals surface area contributed by atoms with Gasteiger partial charge in [-0.15, -0.1) is 0 Å². The summed E-state index contributed by atoms with van der Waals surface area (Å²) in [7, 11) is 0. The number of piperidine rings is 1. The van der Waals surface area contributed by atoms with E-state index < -0.39 is 11.9 Å². The van der Waals surface area contributed by atoms with Crippen molar-refractivity contribution in [2.45, 2.75) is 37.3 Å². The molecule has 0 spiro atoms. The number of ether oxygens (including phenoxy) is 5. The highest BCUT2D eigenvalue weighted by Crippen LogP contribution is 2.47. The molecular formula is C40H40N2O9.